The fourth-order valence-corrected chi connectivity index (χ4v) is 2.82. The van der Waals surface area contributed by atoms with Crippen LogP contribution in [0.15, 0.2) is 24.3 Å². The van der Waals surface area contributed by atoms with Crippen molar-refractivity contribution >= 4 is 5.69 Å². The molecule has 1 unspecified atom stereocenters. The summed E-state index contributed by atoms with van der Waals surface area (Å²) in [5, 5.41) is 10.2. The van der Waals surface area contributed by atoms with Gasteiger partial charge in [0.25, 0.3) is 0 Å². The first-order valence-electron chi connectivity index (χ1n) is 6.90. The van der Waals surface area contributed by atoms with Crippen LogP contribution in [0.2, 0.25) is 0 Å². The van der Waals surface area contributed by atoms with Crippen LogP contribution in [0, 0.1) is 0 Å². The zero-order chi connectivity index (χ0) is 13.0. The third kappa shape index (κ3) is 3.47. The summed E-state index contributed by atoms with van der Waals surface area (Å²) in [6.07, 6.45) is 6.09. The van der Waals surface area contributed by atoms with Crippen LogP contribution < -0.4 is 5.73 Å². The van der Waals surface area contributed by atoms with Crippen molar-refractivity contribution in [1.29, 1.82) is 0 Å². The Kier molecular flexibility index (Phi) is 4.61. The minimum absolute atomic E-state index is 0.444. The lowest BCUT2D eigenvalue weighted by atomic mass is 9.94. The third-order valence-electron chi connectivity index (χ3n) is 3.95. The second kappa shape index (κ2) is 6.21. The number of benzene rings is 1. The Labute approximate surface area is 110 Å². The summed E-state index contributed by atoms with van der Waals surface area (Å²) < 4.78 is 0. The highest BCUT2D eigenvalue weighted by Gasteiger charge is 2.20. The molecule has 0 aromatic heterocycles. The number of rotatable bonds is 4. The summed E-state index contributed by atoms with van der Waals surface area (Å²) >= 11 is 0. The molecule has 2 rings (SSSR count). The van der Waals surface area contributed by atoms with Crippen molar-refractivity contribution in [2.75, 3.05) is 19.3 Å². The monoisotopic (exact) mass is 248 g/mol. The third-order valence-corrected chi connectivity index (χ3v) is 3.95. The first kappa shape index (κ1) is 13.4. The van der Waals surface area contributed by atoms with Crippen LogP contribution >= 0.6 is 0 Å². The topological polar surface area (TPSA) is 49.5 Å². The van der Waals surface area contributed by atoms with Crippen molar-refractivity contribution in [1.82, 2.24) is 4.90 Å². The van der Waals surface area contributed by atoms with E-state index >= 15 is 0 Å². The number of nitrogens with two attached hydrogens (primary N) is 1. The van der Waals surface area contributed by atoms with Crippen LogP contribution in [0.1, 0.15) is 43.8 Å². The Hall–Kier alpha value is -1.06. The van der Waals surface area contributed by atoms with E-state index in [9.17, 15) is 5.11 Å². The summed E-state index contributed by atoms with van der Waals surface area (Å²) in [5.41, 5.74) is 7.37. The Morgan fingerprint density at radius 2 is 2.06 bits per heavy atom. The predicted octanol–water partition coefficient (Wildman–Crippen LogP) is 2.57. The molecule has 1 aromatic rings. The van der Waals surface area contributed by atoms with Gasteiger partial charge in [-0.1, -0.05) is 31.4 Å². The van der Waals surface area contributed by atoms with Gasteiger partial charge in [-0.2, -0.15) is 0 Å². The first-order chi connectivity index (χ1) is 8.66. The molecule has 0 amide bonds. The molecular weight excluding hydrogens is 224 g/mol. The molecule has 1 aliphatic carbocycles. The van der Waals surface area contributed by atoms with Crippen LogP contribution in [-0.4, -0.2) is 29.6 Å². The van der Waals surface area contributed by atoms with Crippen LogP contribution in [0.3, 0.4) is 0 Å². The lowest BCUT2D eigenvalue weighted by Crippen LogP contribution is -2.36. The number of nitrogens with zero attached hydrogens (tertiary/aromatic N) is 1. The molecule has 0 heterocycles. The molecule has 0 spiro atoms. The van der Waals surface area contributed by atoms with Crippen molar-refractivity contribution < 1.29 is 5.11 Å². The van der Waals surface area contributed by atoms with Gasteiger partial charge in [-0.3, -0.25) is 0 Å². The molecule has 3 nitrogen and oxygen atoms in total. The van der Waals surface area contributed by atoms with Crippen LogP contribution in [0.5, 0.6) is 0 Å². The molecule has 1 aromatic carbocycles. The second-order valence-corrected chi connectivity index (χ2v) is 5.42. The zero-order valence-electron chi connectivity index (χ0n) is 11.2. The Morgan fingerprint density at radius 1 is 1.33 bits per heavy atom. The maximum atomic E-state index is 10.2. The molecule has 0 aliphatic heterocycles. The lowest BCUT2D eigenvalue weighted by molar-refractivity contribution is 0.0914. The van der Waals surface area contributed by atoms with Crippen molar-refractivity contribution in [3.8, 4) is 0 Å². The Morgan fingerprint density at radius 3 is 2.72 bits per heavy atom. The number of hydrogen-bond acceptors (Lipinski definition) is 3. The van der Waals surface area contributed by atoms with Gasteiger partial charge in [0.15, 0.2) is 0 Å². The normalized spacial score (nSPS) is 19.1. The van der Waals surface area contributed by atoms with Crippen molar-refractivity contribution in [3.63, 3.8) is 0 Å². The number of anilines is 1. The first-order valence-corrected chi connectivity index (χ1v) is 6.90. The van der Waals surface area contributed by atoms with Crippen LogP contribution in [0.4, 0.5) is 5.69 Å². The molecular formula is C15H24N2O. The van der Waals surface area contributed by atoms with Gasteiger partial charge < -0.3 is 15.7 Å². The maximum absolute atomic E-state index is 10.2. The van der Waals surface area contributed by atoms with Crippen molar-refractivity contribution in [3.05, 3.63) is 29.8 Å². The quantitative estimate of drug-likeness (QED) is 0.805. The minimum Gasteiger partial charge on any atom is -0.399 e. The molecule has 1 atom stereocenters. The van der Waals surface area contributed by atoms with Gasteiger partial charge in [-0.15, -0.1) is 0 Å². The summed E-state index contributed by atoms with van der Waals surface area (Å²) in [7, 11) is 2.12. The lowest BCUT2D eigenvalue weighted by Gasteiger charge is -2.32. The number of aliphatic hydroxyl groups is 1. The fourth-order valence-electron chi connectivity index (χ4n) is 2.82. The van der Waals surface area contributed by atoms with E-state index in [0.717, 1.165) is 5.56 Å². The highest BCUT2D eigenvalue weighted by Crippen LogP contribution is 2.24. The van der Waals surface area contributed by atoms with Gasteiger partial charge in [0.2, 0.25) is 0 Å². The molecule has 1 aliphatic rings. The molecule has 3 N–H and O–H groups in total. The average molecular weight is 248 g/mol. The molecule has 18 heavy (non-hydrogen) atoms. The van der Waals surface area contributed by atoms with E-state index in [1.807, 2.05) is 24.3 Å². The number of hydrogen-bond donors (Lipinski definition) is 2. The maximum Gasteiger partial charge on any atom is 0.0917 e. The number of likely N-dealkylation sites (N-methyl/N-ethyl adjacent to an activating group) is 1. The molecule has 0 bridgehead atoms. The SMILES string of the molecule is CN(CC(O)c1cccc(N)c1)C1CCCCC1. The van der Waals surface area contributed by atoms with Crippen LogP contribution in [0.25, 0.3) is 0 Å². The van der Waals surface area contributed by atoms with E-state index in [1.165, 1.54) is 32.1 Å². The molecule has 0 saturated heterocycles. The van der Waals surface area contributed by atoms with E-state index in [-0.39, 0.29) is 0 Å². The molecule has 1 fully saturated rings. The molecule has 1 saturated carbocycles. The van der Waals surface area contributed by atoms with Crippen LogP contribution in [-0.2, 0) is 0 Å². The van der Waals surface area contributed by atoms with E-state index in [2.05, 4.69) is 11.9 Å². The largest absolute Gasteiger partial charge is 0.399 e. The number of aliphatic hydroxyl groups excluding tert-OH is 1. The Balaban J connectivity index is 1.91. The predicted molar refractivity (Wildman–Crippen MR) is 75.3 cm³/mol. The molecule has 3 heteroatoms. The number of nitrogen functional groups attached to an aromatic ring is 1. The second-order valence-electron chi connectivity index (χ2n) is 5.42. The van der Waals surface area contributed by atoms with E-state index in [4.69, 9.17) is 5.73 Å². The summed E-state index contributed by atoms with van der Waals surface area (Å²) in [6, 6.07) is 8.18. The molecule has 100 valence electrons. The molecule has 0 radical (unpaired) electrons. The standard InChI is InChI=1S/C15H24N2O/c1-17(14-8-3-2-4-9-14)11-15(18)12-6-5-7-13(16)10-12/h5-7,10,14-15,18H,2-4,8-9,11,16H2,1H3. The summed E-state index contributed by atoms with van der Waals surface area (Å²) in [5.74, 6) is 0. The minimum atomic E-state index is -0.444. The summed E-state index contributed by atoms with van der Waals surface area (Å²) in [4.78, 5) is 2.30. The zero-order valence-corrected chi connectivity index (χ0v) is 11.2. The van der Waals surface area contributed by atoms with Crippen molar-refractivity contribution in [2.45, 2.75) is 44.2 Å². The fraction of sp³-hybridized carbons (Fsp3) is 0.600. The van der Waals surface area contributed by atoms with Gasteiger partial charge in [-0.25, -0.2) is 0 Å². The summed E-state index contributed by atoms with van der Waals surface area (Å²) in [6.45, 7) is 0.689. The van der Waals surface area contributed by atoms with E-state index in [1.54, 1.807) is 0 Å². The average Bonchev–Trinajstić information content (AvgIpc) is 2.39. The smallest absolute Gasteiger partial charge is 0.0917 e. The van der Waals surface area contributed by atoms with E-state index in [0.29, 0.717) is 18.3 Å². The van der Waals surface area contributed by atoms with E-state index < -0.39 is 6.10 Å². The van der Waals surface area contributed by atoms with Gasteiger partial charge >= 0.3 is 0 Å². The van der Waals surface area contributed by atoms with Gasteiger partial charge in [0.05, 0.1) is 6.10 Å². The highest BCUT2D eigenvalue weighted by molar-refractivity contribution is 5.41. The Bertz CT molecular complexity index is 375. The highest BCUT2D eigenvalue weighted by atomic mass is 16.3. The van der Waals surface area contributed by atoms with Gasteiger partial charge in [-0.05, 0) is 37.6 Å². The van der Waals surface area contributed by atoms with Crippen molar-refractivity contribution in [2.24, 2.45) is 0 Å². The van der Waals surface area contributed by atoms with Gasteiger partial charge in [0.1, 0.15) is 0 Å². The van der Waals surface area contributed by atoms with Gasteiger partial charge in [0, 0.05) is 18.3 Å².